The first-order chi connectivity index (χ1) is 10.6. The molecule has 0 saturated carbocycles. The highest BCUT2D eigenvalue weighted by Crippen LogP contribution is 2.33. The molecule has 0 radical (unpaired) electrons. The van der Waals surface area contributed by atoms with Gasteiger partial charge in [0, 0.05) is 23.5 Å². The number of pyridine rings is 1. The Bertz CT molecular complexity index is 770. The van der Waals surface area contributed by atoms with Crippen LogP contribution in [-0.2, 0) is 6.61 Å². The van der Waals surface area contributed by atoms with Crippen LogP contribution in [0.2, 0.25) is 0 Å². The fourth-order valence-electron chi connectivity index (χ4n) is 1.81. The first-order valence-electron chi connectivity index (χ1n) is 6.23. The molecule has 0 amide bonds. The Morgan fingerprint density at radius 1 is 1.18 bits per heavy atom. The first kappa shape index (κ1) is 15.5. The maximum Gasteiger partial charge on any atom is 0.313 e. The maximum absolute atomic E-state index is 5.90. The molecular formula is C14H10I2N4O2. The summed E-state index contributed by atoms with van der Waals surface area (Å²) >= 11 is 4.44. The van der Waals surface area contributed by atoms with Gasteiger partial charge in [0.25, 0.3) is 0 Å². The van der Waals surface area contributed by atoms with Gasteiger partial charge in [0.1, 0.15) is 12.4 Å². The SMILES string of the molecule is Nc1nnc(-c2cc(I)c(OCc3cccnc3)c(I)c2)o1. The number of anilines is 1. The summed E-state index contributed by atoms with van der Waals surface area (Å²) in [5.74, 6) is 1.22. The minimum absolute atomic E-state index is 0.0527. The molecule has 1 aromatic carbocycles. The van der Waals surface area contributed by atoms with E-state index in [-0.39, 0.29) is 6.01 Å². The molecule has 22 heavy (non-hydrogen) atoms. The summed E-state index contributed by atoms with van der Waals surface area (Å²) < 4.78 is 13.1. The average Bonchev–Trinajstić information content (AvgIpc) is 2.94. The summed E-state index contributed by atoms with van der Waals surface area (Å²) in [6.07, 6.45) is 3.53. The highest BCUT2D eigenvalue weighted by molar-refractivity contribution is 14.1. The molecule has 0 bridgehead atoms. The topological polar surface area (TPSA) is 87.1 Å². The monoisotopic (exact) mass is 520 g/mol. The van der Waals surface area contributed by atoms with Crippen molar-refractivity contribution in [2.75, 3.05) is 5.73 Å². The summed E-state index contributed by atoms with van der Waals surface area (Å²) in [5, 5.41) is 7.56. The smallest absolute Gasteiger partial charge is 0.313 e. The van der Waals surface area contributed by atoms with E-state index in [4.69, 9.17) is 14.9 Å². The van der Waals surface area contributed by atoms with Crippen molar-refractivity contribution < 1.29 is 9.15 Å². The number of benzene rings is 1. The number of nitrogens with zero attached hydrogens (tertiary/aromatic N) is 3. The predicted octanol–water partition coefficient (Wildman–Crippen LogP) is 3.50. The molecular weight excluding hydrogens is 510 g/mol. The third-order valence-electron chi connectivity index (χ3n) is 2.79. The quantitative estimate of drug-likeness (QED) is 0.531. The van der Waals surface area contributed by atoms with Crippen LogP contribution in [0, 0.1) is 7.14 Å². The fourth-order valence-corrected chi connectivity index (χ4v) is 3.89. The molecule has 2 aromatic heterocycles. The molecule has 0 aliphatic rings. The van der Waals surface area contributed by atoms with Crippen LogP contribution in [-0.4, -0.2) is 15.2 Å². The lowest BCUT2D eigenvalue weighted by atomic mass is 10.2. The number of rotatable bonds is 4. The maximum atomic E-state index is 5.90. The molecule has 3 rings (SSSR count). The molecule has 112 valence electrons. The first-order valence-corrected chi connectivity index (χ1v) is 8.39. The second kappa shape index (κ2) is 6.77. The number of ether oxygens (including phenoxy) is 1. The van der Waals surface area contributed by atoms with Crippen LogP contribution in [0.4, 0.5) is 6.01 Å². The van der Waals surface area contributed by atoms with Crippen molar-refractivity contribution in [2.24, 2.45) is 0 Å². The van der Waals surface area contributed by atoms with Crippen LogP contribution in [0.15, 0.2) is 41.1 Å². The molecule has 6 nitrogen and oxygen atoms in total. The van der Waals surface area contributed by atoms with Crippen LogP contribution in [0.1, 0.15) is 5.56 Å². The second-order valence-electron chi connectivity index (χ2n) is 4.36. The summed E-state index contributed by atoms with van der Waals surface area (Å²) in [6, 6.07) is 7.76. The van der Waals surface area contributed by atoms with Gasteiger partial charge < -0.3 is 14.9 Å². The Morgan fingerprint density at radius 3 is 2.55 bits per heavy atom. The Morgan fingerprint density at radius 2 is 1.95 bits per heavy atom. The lowest BCUT2D eigenvalue weighted by molar-refractivity contribution is 0.301. The Balaban J connectivity index is 1.84. The van der Waals surface area contributed by atoms with Gasteiger partial charge in [-0.1, -0.05) is 11.2 Å². The molecule has 8 heteroatoms. The lowest BCUT2D eigenvalue weighted by Crippen LogP contribution is -2.00. The van der Waals surface area contributed by atoms with E-state index >= 15 is 0 Å². The zero-order valence-electron chi connectivity index (χ0n) is 11.2. The third-order valence-corrected chi connectivity index (χ3v) is 4.39. The van der Waals surface area contributed by atoms with Crippen LogP contribution in [0.3, 0.4) is 0 Å². The van der Waals surface area contributed by atoms with Gasteiger partial charge in [0.15, 0.2) is 0 Å². The van der Waals surface area contributed by atoms with E-state index in [9.17, 15) is 0 Å². The Hall–Kier alpha value is -1.43. The van der Waals surface area contributed by atoms with Gasteiger partial charge in [-0.05, 0) is 63.4 Å². The van der Waals surface area contributed by atoms with Gasteiger partial charge in [-0.2, -0.15) is 0 Å². The molecule has 0 unspecified atom stereocenters. The molecule has 0 atom stereocenters. The summed E-state index contributed by atoms with van der Waals surface area (Å²) in [5.41, 5.74) is 7.29. The summed E-state index contributed by atoms with van der Waals surface area (Å²) in [7, 11) is 0. The number of aromatic nitrogens is 3. The molecule has 0 fully saturated rings. The number of hydrogen-bond donors (Lipinski definition) is 1. The van der Waals surface area contributed by atoms with Gasteiger partial charge in [0.2, 0.25) is 5.89 Å². The zero-order valence-corrected chi connectivity index (χ0v) is 15.5. The van der Waals surface area contributed by atoms with E-state index in [1.807, 2.05) is 24.3 Å². The van der Waals surface area contributed by atoms with Crippen molar-refractivity contribution >= 4 is 51.2 Å². The summed E-state index contributed by atoms with van der Waals surface area (Å²) in [6.45, 7) is 0.465. The largest absolute Gasteiger partial charge is 0.487 e. The highest BCUT2D eigenvalue weighted by Gasteiger charge is 2.14. The van der Waals surface area contributed by atoms with Gasteiger partial charge in [-0.25, -0.2) is 0 Å². The van der Waals surface area contributed by atoms with E-state index in [1.54, 1.807) is 12.4 Å². The van der Waals surface area contributed by atoms with E-state index < -0.39 is 0 Å². The van der Waals surface area contributed by atoms with Crippen molar-refractivity contribution in [2.45, 2.75) is 6.61 Å². The van der Waals surface area contributed by atoms with Gasteiger partial charge in [-0.3, -0.25) is 4.98 Å². The van der Waals surface area contributed by atoms with E-state index in [0.29, 0.717) is 12.5 Å². The van der Waals surface area contributed by atoms with E-state index in [1.165, 1.54) is 0 Å². The molecule has 2 N–H and O–H groups in total. The molecule has 2 heterocycles. The van der Waals surface area contributed by atoms with Crippen LogP contribution >= 0.6 is 45.2 Å². The van der Waals surface area contributed by atoms with Crippen molar-refractivity contribution in [1.29, 1.82) is 0 Å². The van der Waals surface area contributed by atoms with Crippen LogP contribution < -0.4 is 10.5 Å². The highest BCUT2D eigenvalue weighted by atomic mass is 127. The van der Waals surface area contributed by atoms with Gasteiger partial charge >= 0.3 is 6.01 Å². The Labute approximate surface area is 153 Å². The molecule has 0 saturated heterocycles. The number of nitrogens with two attached hydrogens (primary N) is 1. The standard InChI is InChI=1S/C14H10I2N4O2/c15-10-4-9(13-19-20-14(17)22-13)5-11(16)12(10)21-7-8-2-1-3-18-6-8/h1-6H,7H2,(H2,17,20). The number of nitrogen functional groups attached to an aromatic ring is 1. The zero-order chi connectivity index (χ0) is 15.5. The molecule has 0 aliphatic heterocycles. The molecule has 0 spiro atoms. The molecule has 0 aliphatic carbocycles. The third kappa shape index (κ3) is 3.48. The van der Waals surface area contributed by atoms with E-state index in [0.717, 1.165) is 24.0 Å². The summed E-state index contributed by atoms with van der Waals surface area (Å²) in [4.78, 5) is 4.07. The minimum atomic E-state index is 0.0527. The van der Waals surface area contributed by atoms with Gasteiger partial charge in [-0.15, -0.1) is 5.10 Å². The van der Waals surface area contributed by atoms with Gasteiger partial charge in [0.05, 0.1) is 7.14 Å². The fraction of sp³-hybridized carbons (Fsp3) is 0.0714. The lowest BCUT2D eigenvalue weighted by Gasteiger charge is -2.11. The number of hydrogen-bond acceptors (Lipinski definition) is 6. The van der Waals surface area contributed by atoms with Crippen LogP contribution in [0.25, 0.3) is 11.5 Å². The van der Waals surface area contributed by atoms with E-state index in [2.05, 4.69) is 60.4 Å². The van der Waals surface area contributed by atoms with Crippen molar-refractivity contribution in [1.82, 2.24) is 15.2 Å². The molecule has 3 aromatic rings. The normalized spacial score (nSPS) is 10.6. The average molecular weight is 520 g/mol. The van der Waals surface area contributed by atoms with Crippen molar-refractivity contribution in [3.8, 4) is 17.2 Å². The number of halogens is 2. The predicted molar refractivity (Wildman–Crippen MR) is 98.1 cm³/mol. The van der Waals surface area contributed by atoms with Crippen molar-refractivity contribution in [3.05, 3.63) is 49.4 Å². The van der Waals surface area contributed by atoms with Crippen LogP contribution in [0.5, 0.6) is 5.75 Å². The Kier molecular flexibility index (Phi) is 4.76. The second-order valence-corrected chi connectivity index (χ2v) is 6.69. The minimum Gasteiger partial charge on any atom is -0.487 e. The van der Waals surface area contributed by atoms with Crippen molar-refractivity contribution in [3.63, 3.8) is 0 Å².